The molecule has 16 heavy (non-hydrogen) atoms. The summed E-state index contributed by atoms with van der Waals surface area (Å²) in [5.74, 6) is 0.878. The van der Waals surface area contributed by atoms with Crippen LogP contribution in [-0.4, -0.2) is 16.0 Å². The molecule has 0 bridgehead atoms. The second-order valence-corrected chi connectivity index (χ2v) is 5.31. The highest BCUT2D eigenvalue weighted by Crippen LogP contribution is 2.23. The van der Waals surface area contributed by atoms with Gasteiger partial charge < -0.3 is 5.73 Å². The van der Waals surface area contributed by atoms with E-state index in [1.807, 2.05) is 18.2 Å². The summed E-state index contributed by atoms with van der Waals surface area (Å²) in [5, 5.41) is 8.21. The van der Waals surface area contributed by atoms with Crippen molar-refractivity contribution in [1.29, 1.82) is 0 Å². The number of anilines is 1. The standard InChI is InChI=1S/C11H11N3S2/c12-10-13-14-11(16-10)15-8-4-7-9-5-2-1-3-6-9/h1-7H,8H2,(H2,12,13)/b7-4-. The Kier molecular flexibility index (Phi) is 3.96. The van der Waals surface area contributed by atoms with E-state index in [1.165, 1.54) is 16.9 Å². The topological polar surface area (TPSA) is 51.8 Å². The highest BCUT2D eigenvalue weighted by atomic mass is 32.2. The highest BCUT2D eigenvalue weighted by Gasteiger charge is 1.98. The quantitative estimate of drug-likeness (QED) is 0.846. The molecule has 0 aliphatic heterocycles. The Morgan fingerprint density at radius 3 is 2.75 bits per heavy atom. The molecule has 0 fully saturated rings. The third-order valence-electron chi connectivity index (χ3n) is 1.83. The third kappa shape index (κ3) is 3.36. The van der Waals surface area contributed by atoms with Gasteiger partial charge in [0.25, 0.3) is 0 Å². The van der Waals surface area contributed by atoms with Crippen molar-refractivity contribution in [3.8, 4) is 0 Å². The molecular formula is C11H11N3S2. The van der Waals surface area contributed by atoms with E-state index in [1.54, 1.807) is 11.8 Å². The monoisotopic (exact) mass is 249 g/mol. The van der Waals surface area contributed by atoms with Crippen molar-refractivity contribution in [3.63, 3.8) is 0 Å². The number of nitrogens with zero attached hydrogens (tertiary/aromatic N) is 2. The molecule has 0 saturated carbocycles. The first-order valence-electron chi connectivity index (χ1n) is 4.78. The number of aromatic nitrogens is 2. The van der Waals surface area contributed by atoms with E-state index in [0.29, 0.717) is 5.13 Å². The number of hydrogen-bond acceptors (Lipinski definition) is 5. The normalized spacial score (nSPS) is 11.0. The largest absolute Gasteiger partial charge is 0.374 e. The van der Waals surface area contributed by atoms with Crippen molar-refractivity contribution in [2.24, 2.45) is 0 Å². The van der Waals surface area contributed by atoms with E-state index in [2.05, 4.69) is 34.5 Å². The van der Waals surface area contributed by atoms with Gasteiger partial charge >= 0.3 is 0 Å². The number of benzene rings is 1. The highest BCUT2D eigenvalue weighted by molar-refractivity contribution is 8.01. The predicted octanol–water partition coefficient (Wildman–Crippen LogP) is 2.93. The Labute approximate surface area is 102 Å². The summed E-state index contributed by atoms with van der Waals surface area (Å²) in [6.07, 6.45) is 4.20. The molecular weight excluding hydrogens is 238 g/mol. The molecule has 2 N–H and O–H groups in total. The van der Waals surface area contributed by atoms with Gasteiger partial charge in [-0.3, -0.25) is 0 Å². The van der Waals surface area contributed by atoms with Crippen molar-refractivity contribution in [2.45, 2.75) is 4.34 Å². The van der Waals surface area contributed by atoms with Crippen LogP contribution in [0.25, 0.3) is 6.08 Å². The minimum absolute atomic E-state index is 0.523. The molecule has 0 amide bonds. The molecule has 0 radical (unpaired) electrons. The van der Waals surface area contributed by atoms with Crippen LogP contribution in [0.3, 0.4) is 0 Å². The molecule has 3 nitrogen and oxygen atoms in total. The summed E-state index contributed by atoms with van der Waals surface area (Å²) in [6.45, 7) is 0. The van der Waals surface area contributed by atoms with Crippen LogP contribution in [0, 0.1) is 0 Å². The van der Waals surface area contributed by atoms with E-state index in [-0.39, 0.29) is 0 Å². The summed E-state index contributed by atoms with van der Waals surface area (Å²) in [4.78, 5) is 0. The first kappa shape index (κ1) is 11.2. The van der Waals surface area contributed by atoms with Gasteiger partial charge in [0.05, 0.1) is 0 Å². The second kappa shape index (κ2) is 5.67. The maximum absolute atomic E-state index is 5.49. The number of thioether (sulfide) groups is 1. The van der Waals surface area contributed by atoms with Gasteiger partial charge in [0, 0.05) is 5.75 Å². The maximum Gasteiger partial charge on any atom is 0.203 e. The molecule has 2 aromatic rings. The van der Waals surface area contributed by atoms with E-state index in [9.17, 15) is 0 Å². The van der Waals surface area contributed by atoms with E-state index in [4.69, 9.17) is 5.73 Å². The fourth-order valence-electron chi connectivity index (χ4n) is 1.15. The lowest BCUT2D eigenvalue weighted by Crippen LogP contribution is -1.79. The molecule has 82 valence electrons. The van der Waals surface area contributed by atoms with E-state index < -0.39 is 0 Å². The van der Waals surface area contributed by atoms with Crippen LogP contribution in [-0.2, 0) is 0 Å². The number of rotatable bonds is 4. The third-order valence-corrected chi connectivity index (χ3v) is 3.67. The van der Waals surface area contributed by atoms with Gasteiger partial charge in [-0.15, -0.1) is 10.2 Å². The summed E-state index contributed by atoms with van der Waals surface area (Å²) in [6, 6.07) is 10.2. The van der Waals surface area contributed by atoms with Gasteiger partial charge in [0.15, 0.2) is 4.34 Å². The molecule has 2 rings (SSSR count). The van der Waals surface area contributed by atoms with Crippen LogP contribution in [0.1, 0.15) is 5.56 Å². The van der Waals surface area contributed by atoms with Gasteiger partial charge in [0.1, 0.15) is 0 Å². The molecule has 0 atom stereocenters. The second-order valence-electron chi connectivity index (χ2n) is 3.03. The van der Waals surface area contributed by atoms with Gasteiger partial charge in [-0.25, -0.2) is 0 Å². The lowest BCUT2D eigenvalue weighted by molar-refractivity contribution is 1.02. The molecule has 0 spiro atoms. The molecule has 1 aromatic heterocycles. The average molecular weight is 249 g/mol. The van der Waals surface area contributed by atoms with Gasteiger partial charge in [-0.05, 0) is 5.56 Å². The molecule has 1 aromatic carbocycles. The van der Waals surface area contributed by atoms with E-state index in [0.717, 1.165) is 10.1 Å². The smallest absolute Gasteiger partial charge is 0.203 e. The molecule has 0 aliphatic rings. The van der Waals surface area contributed by atoms with Crippen molar-refractivity contribution < 1.29 is 0 Å². The minimum atomic E-state index is 0.523. The number of hydrogen-bond donors (Lipinski definition) is 1. The van der Waals surface area contributed by atoms with E-state index >= 15 is 0 Å². The van der Waals surface area contributed by atoms with Gasteiger partial charge in [-0.2, -0.15) is 0 Å². The summed E-state index contributed by atoms with van der Waals surface area (Å²) >= 11 is 3.06. The van der Waals surface area contributed by atoms with Crippen LogP contribution in [0.5, 0.6) is 0 Å². The van der Waals surface area contributed by atoms with Crippen LogP contribution in [0.2, 0.25) is 0 Å². The fraction of sp³-hybridized carbons (Fsp3) is 0.0909. The zero-order chi connectivity index (χ0) is 11.2. The molecule has 1 heterocycles. The Morgan fingerprint density at radius 1 is 1.25 bits per heavy atom. The fourth-order valence-corrected chi connectivity index (χ4v) is 2.62. The average Bonchev–Trinajstić information content (AvgIpc) is 2.72. The SMILES string of the molecule is Nc1nnc(SC/C=C\c2ccccc2)s1. The predicted molar refractivity (Wildman–Crippen MR) is 70.5 cm³/mol. The van der Waals surface area contributed by atoms with Crippen LogP contribution in [0.15, 0.2) is 40.7 Å². The number of nitrogen functional groups attached to an aromatic ring is 1. The first-order chi connectivity index (χ1) is 7.84. The van der Waals surface area contributed by atoms with Crippen LogP contribution >= 0.6 is 23.1 Å². The first-order valence-corrected chi connectivity index (χ1v) is 6.58. The Morgan fingerprint density at radius 2 is 2.06 bits per heavy atom. The summed E-state index contributed by atoms with van der Waals surface area (Å²) in [7, 11) is 0. The van der Waals surface area contributed by atoms with Gasteiger partial charge in [0.2, 0.25) is 5.13 Å². The summed E-state index contributed by atoms with van der Waals surface area (Å²) < 4.78 is 0.912. The van der Waals surface area contributed by atoms with Crippen molar-refractivity contribution in [2.75, 3.05) is 11.5 Å². The minimum Gasteiger partial charge on any atom is -0.374 e. The van der Waals surface area contributed by atoms with Crippen molar-refractivity contribution in [1.82, 2.24) is 10.2 Å². The molecule has 0 aliphatic carbocycles. The Hall–Kier alpha value is -1.33. The van der Waals surface area contributed by atoms with Gasteiger partial charge in [-0.1, -0.05) is 65.6 Å². The molecule has 0 unspecified atom stereocenters. The molecule has 0 saturated heterocycles. The summed E-state index contributed by atoms with van der Waals surface area (Å²) in [5.41, 5.74) is 6.70. The lowest BCUT2D eigenvalue weighted by Gasteiger charge is -1.91. The molecule has 5 heteroatoms. The zero-order valence-corrected chi connectivity index (χ0v) is 10.2. The number of nitrogens with two attached hydrogens (primary N) is 1. The van der Waals surface area contributed by atoms with Crippen LogP contribution in [0.4, 0.5) is 5.13 Å². The van der Waals surface area contributed by atoms with Crippen LogP contribution < -0.4 is 5.73 Å². The van der Waals surface area contributed by atoms with Crippen molar-refractivity contribution >= 4 is 34.3 Å². The van der Waals surface area contributed by atoms with Crippen molar-refractivity contribution in [3.05, 3.63) is 42.0 Å². The zero-order valence-electron chi connectivity index (χ0n) is 8.54. The Balaban J connectivity index is 1.82. The maximum atomic E-state index is 5.49. The lowest BCUT2D eigenvalue weighted by atomic mass is 10.2. The Bertz CT molecular complexity index is 465.